The normalized spacial score (nSPS) is 51.7. The molecule has 0 bridgehead atoms. The minimum Gasteiger partial charge on any atom is -0.481 e. The zero-order valence-electron chi connectivity index (χ0n) is 17.9. The number of hydrogen-bond donors (Lipinski definition) is 3. The van der Waals surface area contributed by atoms with Gasteiger partial charge in [-0.05, 0) is 104 Å². The number of aliphatic hydroxyl groups is 2. The molecule has 4 fully saturated rings. The molecule has 0 aromatic rings. The SMILES string of the molecule is C[C@@H](CCC(=O)O)[C@@H]1CC[C@H]2[C@@H]3C[C@H](O)[C@H]4C[C@@H](O)CC[C@]4(C)[C@@H]3CC[C@@]21C. The topological polar surface area (TPSA) is 77.8 Å². The maximum Gasteiger partial charge on any atom is 0.303 e. The van der Waals surface area contributed by atoms with Crippen molar-refractivity contribution in [1.29, 1.82) is 0 Å². The van der Waals surface area contributed by atoms with E-state index in [-0.39, 0.29) is 30.0 Å². The second kappa shape index (κ2) is 7.27. The predicted molar refractivity (Wildman–Crippen MR) is 109 cm³/mol. The van der Waals surface area contributed by atoms with Crippen molar-refractivity contribution in [2.75, 3.05) is 0 Å². The highest BCUT2D eigenvalue weighted by molar-refractivity contribution is 5.66. The van der Waals surface area contributed by atoms with Crippen molar-refractivity contribution < 1.29 is 20.1 Å². The van der Waals surface area contributed by atoms with Gasteiger partial charge in [-0.3, -0.25) is 4.79 Å². The molecule has 4 nitrogen and oxygen atoms in total. The highest BCUT2D eigenvalue weighted by Gasteiger charge is 2.62. The minimum atomic E-state index is -0.677. The first-order valence-corrected chi connectivity index (χ1v) is 11.7. The molecule has 0 radical (unpaired) electrons. The molecule has 4 heteroatoms. The van der Waals surface area contributed by atoms with Crippen molar-refractivity contribution in [2.45, 2.75) is 97.2 Å². The predicted octanol–water partition coefficient (Wildman–Crippen LogP) is 4.48. The molecule has 4 saturated carbocycles. The fraction of sp³-hybridized carbons (Fsp3) is 0.958. The number of aliphatic carboxylic acids is 1. The Morgan fingerprint density at radius 2 is 1.64 bits per heavy atom. The van der Waals surface area contributed by atoms with Crippen LogP contribution < -0.4 is 0 Å². The average molecular weight is 393 g/mol. The van der Waals surface area contributed by atoms with Crippen LogP contribution in [0.5, 0.6) is 0 Å². The van der Waals surface area contributed by atoms with Crippen molar-refractivity contribution in [2.24, 2.45) is 46.3 Å². The van der Waals surface area contributed by atoms with Gasteiger partial charge in [-0.15, -0.1) is 0 Å². The van der Waals surface area contributed by atoms with E-state index < -0.39 is 5.97 Å². The van der Waals surface area contributed by atoms with Crippen LogP contribution in [0.4, 0.5) is 0 Å². The first kappa shape index (κ1) is 20.7. The Labute approximate surface area is 170 Å². The molecule has 0 heterocycles. The summed E-state index contributed by atoms with van der Waals surface area (Å²) in [5, 5.41) is 30.4. The Balaban J connectivity index is 1.55. The third-order valence-electron chi connectivity index (χ3n) is 10.2. The van der Waals surface area contributed by atoms with Gasteiger partial charge in [0.15, 0.2) is 0 Å². The van der Waals surface area contributed by atoms with Crippen LogP contribution in [0.2, 0.25) is 0 Å². The maximum atomic E-state index is 11.1. The number of hydrogen-bond acceptors (Lipinski definition) is 3. The summed E-state index contributed by atoms with van der Waals surface area (Å²) in [7, 11) is 0. The Morgan fingerprint density at radius 1 is 0.964 bits per heavy atom. The van der Waals surface area contributed by atoms with Gasteiger partial charge in [-0.2, -0.15) is 0 Å². The summed E-state index contributed by atoms with van der Waals surface area (Å²) in [6.07, 6.45) is 9.16. The van der Waals surface area contributed by atoms with Crippen molar-refractivity contribution in [3.05, 3.63) is 0 Å². The maximum absolute atomic E-state index is 11.1. The van der Waals surface area contributed by atoms with E-state index in [1.54, 1.807) is 0 Å². The lowest BCUT2D eigenvalue weighted by molar-refractivity contribution is -0.172. The lowest BCUT2D eigenvalue weighted by atomic mass is 9.44. The van der Waals surface area contributed by atoms with Crippen molar-refractivity contribution in [3.8, 4) is 0 Å². The van der Waals surface area contributed by atoms with E-state index >= 15 is 0 Å². The van der Waals surface area contributed by atoms with Gasteiger partial charge in [0.25, 0.3) is 0 Å². The summed E-state index contributed by atoms with van der Waals surface area (Å²) >= 11 is 0. The molecule has 28 heavy (non-hydrogen) atoms. The van der Waals surface area contributed by atoms with Gasteiger partial charge in [-0.1, -0.05) is 20.8 Å². The third kappa shape index (κ3) is 3.14. The molecule has 0 amide bonds. The molecule has 0 saturated heterocycles. The summed E-state index contributed by atoms with van der Waals surface area (Å²) in [5.74, 6) is 2.61. The highest BCUT2D eigenvalue weighted by Crippen LogP contribution is 2.68. The highest BCUT2D eigenvalue weighted by atomic mass is 16.4. The van der Waals surface area contributed by atoms with Gasteiger partial charge in [0, 0.05) is 6.42 Å². The number of rotatable bonds is 4. The lowest BCUT2D eigenvalue weighted by Crippen LogP contribution is -2.58. The van der Waals surface area contributed by atoms with Crippen LogP contribution in [-0.2, 0) is 4.79 Å². The Hall–Kier alpha value is -0.610. The van der Waals surface area contributed by atoms with Gasteiger partial charge >= 0.3 is 5.97 Å². The zero-order valence-corrected chi connectivity index (χ0v) is 17.9. The molecule has 0 aromatic carbocycles. The molecule has 10 atom stereocenters. The molecule has 0 aromatic heterocycles. The smallest absolute Gasteiger partial charge is 0.303 e. The molecule has 0 aliphatic heterocycles. The largest absolute Gasteiger partial charge is 0.481 e. The molecule has 4 rings (SSSR count). The second-order valence-corrected chi connectivity index (χ2v) is 11.4. The van der Waals surface area contributed by atoms with Crippen LogP contribution in [0.15, 0.2) is 0 Å². The number of carbonyl (C=O) groups is 1. The Bertz CT molecular complexity index is 605. The first-order valence-electron chi connectivity index (χ1n) is 11.7. The Morgan fingerprint density at radius 3 is 2.36 bits per heavy atom. The fourth-order valence-corrected chi connectivity index (χ4v) is 8.81. The summed E-state index contributed by atoms with van der Waals surface area (Å²) in [6, 6.07) is 0. The van der Waals surface area contributed by atoms with Crippen LogP contribution in [0.1, 0.15) is 85.0 Å². The molecular formula is C24H40O4. The van der Waals surface area contributed by atoms with Crippen molar-refractivity contribution in [3.63, 3.8) is 0 Å². The van der Waals surface area contributed by atoms with E-state index in [9.17, 15) is 15.0 Å². The summed E-state index contributed by atoms with van der Waals surface area (Å²) in [6.45, 7) is 7.16. The van der Waals surface area contributed by atoms with Gasteiger partial charge in [0.1, 0.15) is 0 Å². The average Bonchev–Trinajstić information content (AvgIpc) is 2.99. The van der Waals surface area contributed by atoms with Crippen LogP contribution in [0, 0.1) is 46.3 Å². The lowest BCUT2D eigenvalue weighted by Gasteiger charge is -2.62. The quantitative estimate of drug-likeness (QED) is 0.659. The zero-order chi connectivity index (χ0) is 20.3. The van der Waals surface area contributed by atoms with Crippen LogP contribution in [0.3, 0.4) is 0 Å². The van der Waals surface area contributed by atoms with E-state index in [2.05, 4.69) is 20.8 Å². The summed E-state index contributed by atoms with van der Waals surface area (Å²) in [5.41, 5.74) is 0.478. The molecule has 160 valence electrons. The van der Waals surface area contributed by atoms with Gasteiger partial charge in [0.2, 0.25) is 0 Å². The van der Waals surface area contributed by atoms with E-state index in [0.717, 1.165) is 32.1 Å². The first-order chi connectivity index (χ1) is 13.2. The molecule has 0 unspecified atom stereocenters. The molecule has 0 spiro atoms. The van der Waals surface area contributed by atoms with Crippen LogP contribution in [0.25, 0.3) is 0 Å². The third-order valence-corrected chi connectivity index (χ3v) is 10.2. The summed E-state index contributed by atoms with van der Waals surface area (Å²) < 4.78 is 0. The van der Waals surface area contributed by atoms with E-state index in [1.807, 2.05) is 0 Å². The Kier molecular flexibility index (Phi) is 5.36. The number of carboxylic acid groups (broad SMARTS) is 1. The van der Waals surface area contributed by atoms with E-state index in [1.165, 1.54) is 25.7 Å². The van der Waals surface area contributed by atoms with E-state index in [0.29, 0.717) is 35.0 Å². The minimum absolute atomic E-state index is 0.176. The van der Waals surface area contributed by atoms with Crippen molar-refractivity contribution >= 4 is 5.97 Å². The molecular weight excluding hydrogens is 352 g/mol. The van der Waals surface area contributed by atoms with Crippen LogP contribution in [-0.4, -0.2) is 33.5 Å². The van der Waals surface area contributed by atoms with Gasteiger partial charge in [-0.25, -0.2) is 0 Å². The number of fused-ring (bicyclic) bond motifs is 5. The molecule has 3 N–H and O–H groups in total. The second-order valence-electron chi connectivity index (χ2n) is 11.4. The monoisotopic (exact) mass is 392 g/mol. The number of aliphatic hydroxyl groups excluding tert-OH is 2. The fourth-order valence-electron chi connectivity index (χ4n) is 8.81. The van der Waals surface area contributed by atoms with Crippen LogP contribution >= 0.6 is 0 Å². The van der Waals surface area contributed by atoms with Crippen molar-refractivity contribution in [1.82, 2.24) is 0 Å². The number of carboxylic acids is 1. The summed E-state index contributed by atoms with van der Waals surface area (Å²) in [4.78, 5) is 11.1. The standard InChI is InChI=1S/C24H40O4/c1-14(4-7-22(27)28)17-5-6-18-16-13-21(26)20-12-15(25)8-10-24(20,3)19(16)9-11-23(17,18)2/h14-21,25-26H,4-13H2,1-3H3,(H,27,28)/t14-,15-,16-,17-,18-,19+,20+,21-,23+,24+/m0/s1. The van der Waals surface area contributed by atoms with Gasteiger partial charge < -0.3 is 15.3 Å². The van der Waals surface area contributed by atoms with Gasteiger partial charge in [0.05, 0.1) is 12.2 Å². The molecule has 4 aliphatic carbocycles. The molecule has 4 aliphatic rings. The van der Waals surface area contributed by atoms with E-state index in [4.69, 9.17) is 5.11 Å².